The monoisotopic (exact) mass is 348 g/mol. The largest absolute Gasteiger partial charge is 0.450 e. The molecule has 100 valence electrons. The van der Waals surface area contributed by atoms with Crippen molar-refractivity contribution in [1.29, 1.82) is 0 Å². The first-order valence-electron chi connectivity index (χ1n) is 5.81. The molecule has 0 spiro atoms. The molecule has 0 radical (unpaired) electrons. The van der Waals surface area contributed by atoms with Gasteiger partial charge in [0.25, 0.3) is 0 Å². The SMILES string of the molecule is O=C(/C=C/c1ccc(Br)o1)Nc1nc2ccccc2s1. The van der Waals surface area contributed by atoms with Gasteiger partial charge in [0.05, 0.1) is 10.2 Å². The fourth-order valence-electron chi connectivity index (χ4n) is 1.65. The van der Waals surface area contributed by atoms with Crippen molar-refractivity contribution in [2.24, 2.45) is 0 Å². The number of nitrogens with one attached hydrogen (secondary N) is 1. The maximum atomic E-state index is 11.8. The van der Waals surface area contributed by atoms with Crippen LogP contribution < -0.4 is 5.32 Å². The predicted molar refractivity (Wildman–Crippen MR) is 83.7 cm³/mol. The highest BCUT2D eigenvalue weighted by atomic mass is 79.9. The minimum absolute atomic E-state index is 0.239. The zero-order chi connectivity index (χ0) is 13.9. The average molecular weight is 349 g/mol. The van der Waals surface area contributed by atoms with E-state index < -0.39 is 0 Å². The Bertz CT molecular complexity index is 758. The van der Waals surface area contributed by atoms with E-state index in [1.807, 2.05) is 24.3 Å². The van der Waals surface area contributed by atoms with Gasteiger partial charge in [-0.2, -0.15) is 0 Å². The van der Waals surface area contributed by atoms with Crippen LogP contribution in [0.25, 0.3) is 16.3 Å². The van der Waals surface area contributed by atoms with Gasteiger partial charge >= 0.3 is 0 Å². The maximum absolute atomic E-state index is 11.8. The number of nitrogens with zero attached hydrogens (tertiary/aromatic N) is 1. The molecule has 0 unspecified atom stereocenters. The number of anilines is 1. The molecule has 0 saturated heterocycles. The highest BCUT2D eigenvalue weighted by molar-refractivity contribution is 9.10. The molecule has 2 heterocycles. The van der Waals surface area contributed by atoms with Gasteiger partial charge in [0.2, 0.25) is 5.91 Å². The van der Waals surface area contributed by atoms with Crippen molar-refractivity contribution >= 4 is 54.6 Å². The molecule has 4 nitrogen and oxygen atoms in total. The third kappa shape index (κ3) is 2.97. The second-order valence-electron chi connectivity index (χ2n) is 3.95. The summed E-state index contributed by atoms with van der Waals surface area (Å²) in [6.07, 6.45) is 3.02. The molecular weight excluding hydrogens is 340 g/mol. The van der Waals surface area contributed by atoms with Crippen molar-refractivity contribution in [3.05, 3.63) is 52.9 Å². The lowest BCUT2D eigenvalue weighted by atomic mass is 10.3. The Balaban J connectivity index is 1.70. The predicted octanol–water partition coefficient (Wildman–Crippen LogP) is 4.30. The summed E-state index contributed by atoms with van der Waals surface area (Å²) in [6.45, 7) is 0. The molecule has 0 bridgehead atoms. The third-order valence-electron chi connectivity index (χ3n) is 2.52. The summed E-state index contributed by atoms with van der Waals surface area (Å²) in [5.74, 6) is 0.368. The quantitative estimate of drug-likeness (QED) is 0.717. The zero-order valence-corrected chi connectivity index (χ0v) is 12.6. The highest BCUT2D eigenvalue weighted by Gasteiger charge is 2.05. The van der Waals surface area contributed by atoms with E-state index in [2.05, 4.69) is 26.2 Å². The lowest BCUT2D eigenvalue weighted by Crippen LogP contribution is -2.07. The first kappa shape index (κ1) is 13.1. The summed E-state index contributed by atoms with van der Waals surface area (Å²) in [4.78, 5) is 16.1. The number of fused-ring (bicyclic) bond motifs is 1. The standard InChI is InChI=1S/C14H9BrN2O2S/c15-12-7-5-9(19-12)6-8-13(18)17-14-16-10-3-1-2-4-11(10)20-14/h1-8H,(H,16,17,18)/b8-6+. The normalized spacial score (nSPS) is 11.2. The Morgan fingerprint density at radius 2 is 2.15 bits per heavy atom. The first-order valence-corrected chi connectivity index (χ1v) is 7.42. The summed E-state index contributed by atoms with van der Waals surface area (Å²) >= 11 is 4.65. The Hall–Kier alpha value is -1.92. The van der Waals surface area contributed by atoms with E-state index in [0.717, 1.165) is 10.2 Å². The van der Waals surface area contributed by atoms with Crippen LogP contribution in [0.2, 0.25) is 0 Å². The van der Waals surface area contributed by atoms with E-state index in [4.69, 9.17) is 4.42 Å². The Morgan fingerprint density at radius 3 is 2.90 bits per heavy atom. The van der Waals surface area contributed by atoms with E-state index >= 15 is 0 Å². The second-order valence-corrected chi connectivity index (χ2v) is 5.76. The van der Waals surface area contributed by atoms with Gasteiger partial charge in [-0.25, -0.2) is 4.98 Å². The number of hydrogen-bond acceptors (Lipinski definition) is 4. The fourth-order valence-corrected chi connectivity index (χ4v) is 2.84. The molecular formula is C14H9BrN2O2S. The van der Waals surface area contributed by atoms with Gasteiger partial charge in [-0.1, -0.05) is 23.5 Å². The molecule has 3 aromatic rings. The van der Waals surface area contributed by atoms with Crippen LogP contribution in [0, 0.1) is 0 Å². The number of amides is 1. The van der Waals surface area contributed by atoms with Gasteiger partial charge in [0.15, 0.2) is 9.80 Å². The zero-order valence-electron chi connectivity index (χ0n) is 10.2. The molecule has 0 aliphatic rings. The molecule has 1 N–H and O–H groups in total. The number of benzene rings is 1. The van der Waals surface area contributed by atoms with Crippen LogP contribution >= 0.6 is 27.3 Å². The summed E-state index contributed by atoms with van der Waals surface area (Å²) < 4.78 is 6.94. The van der Waals surface area contributed by atoms with Crippen molar-refractivity contribution in [2.45, 2.75) is 0 Å². The van der Waals surface area contributed by atoms with Crippen molar-refractivity contribution < 1.29 is 9.21 Å². The summed E-state index contributed by atoms with van der Waals surface area (Å²) in [6, 6.07) is 11.3. The molecule has 2 aromatic heterocycles. The van der Waals surface area contributed by atoms with Crippen LogP contribution in [0.15, 0.2) is 51.6 Å². The molecule has 0 aliphatic heterocycles. The number of para-hydroxylation sites is 1. The van der Waals surface area contributed by atoms with Crippen molar-refractivity contribution in [1.82, 2.24) is 4.98 Å². The number of rotatable bonds is 3. The molecule has 0 saturated carbocycles. The highest BCUT2D eigenvalue weighted by Crippen LogP contribution is 2.25. The Morgan fingerprint density at radius 1 is 1.30 bits per heavy atom. The van der Waals surface area contributed by atoms with Crippen molar-refractivity contribution in [2.75, 3.05) is 5.32 Å². The van der Waals surface area contributed by atoms with Gasteiger partial charge in [-0.15, -0.1) is 0 Å². The second kappa shape index (κ2) is 5.60. The maximum Gasteiger partial charge on any atom is 0.250 e. The molecule has 20 heavy (non-hydrogen) atoms. The van der Waals surface area contributed by atoms with Gasteiger partial charge in [0, 0.05) is 6.08 Å². The average Bonchev–Trinajstić information content (AvgIpc) is 3.01. The van der Waals surface area contributed by atoms with E-state index in [0.29, 0.717) is 15.6 Å². The molecule has 0 aliphatic carbocycles. The van der Waals surface area contributed by atoms with E-state index in [-0.39, 0.29) is 5.91 Å². The van der Waals surface area contributed by atoms with E-state index in [9.17, 15) is 4.79 Å². The molecule has 1 amide bonds. The molecule has 6 heteroatoms. The summed E-state index contributed by atoms with van der Waals surface area (Å²) in [5, 5.41) is 3.32. The topological polar surface area (TPSA) is 55.1 Å². The third-order valence-corrected chi connectivity index (χ3v) is 3.90. The number of hydrogen-bond donors (Lipinski definition) is 1. The molecule has 0 fully saturated rings. The van der Waals surface area contributed by atoms with Crippen molar-refractivity contribution in [3.63, 3.8) is 0 Å². The molecule has 3 rings (SSSR count). The number of halogens is 1. The van der Waals surface area contributed by atoms with Gasteiger partial charge < -0.3 is 4.42 Å². The minimum atomic E-state index is -0.239. The fraction of sp³-hybridized carbons (Fsp3) is 0. The van der Waals surface area contributed by atoms with Crippen LogP contribution in [0.1, 0.15) is 5.76 Å². The Kier molecular flexibility index (Phi) is 3.66. The van der Waals surface area contributed by atoms with Gasteiger partial charge in [0.1, 0.15) is 5.76 Å². The van der Waals surface area contributed by atoms with Crippen LogP contribution in [0.5, 0.6) is 0 Å². The number of carbonyl (C=O) groups excluding carboxylic acids is 1. The smallest absolute Gasteiger partial charge is 0.250 e. The van der Waals surface area contributed by atoms with E-state index in [1.165, 1.54) is 17.4 Å². The van der Waals surface area contributed by atoms with Crippen LogP contribution in [-0.4, -0.2) is 10.9 Å². The number of furan rings is 1. The Labute approximate surface area is 127 Å². The first-order chi connectivity index (χ1) is 9.70. The molecule has 0 atom stereocenters. The summed E-state index contributed by atoms with van der Waals surface area (Å²) in [7, 11) is 0. The minimum Gasteiger partial charge on any atom is -0.450 e. The lowest BCUT2D eigenvalue weighted by molar-refractivity contribution is -0.111. The van der Waals surface area contributed by atoms with Crippen LogP contribution in [0.3, 0.4) is 0 Å². The molecule has 1 aromatic carbocycles. The van der Waals surface area contributed by atoms with Gasteiger partial charge in [-0.3, -0.25) is 10.1 Å². The number of aromatic nitrogens is 1. The van der Waals surface area contributed by atoms with Crippen LogP contribution in [0.4, 0.5) is 5.13 Å². The van der Waals surface area contributed by atoms with Crippen LogP contribution in [-0.2, 0) is 4.79 Å². The number of thiazole rings is 1. The lowest BCUT2D eigenvalue weighted by Gasteiger charge is -1.94. The van der Waals surface area contributed by atoms with Gasteiger partial charge in [-0.05, 0) is 46.3 Å². The summed E-state index contributed by atoms with van der Waals surface area (Å²) in [5.41, 5.74) is 0.881. The number of carbonyl (C=O) groups is 1. The van der Waals surface area contributed by atoms with Crippen molar-refractivity contribution in [3.8, 4) is 0 Å². The van der Waals surface area contributed by atoms with E-state index in [1.54, 1.807) is 18.2 Å².